The molecule has 0 radical (unpaired) electrons. The molecule has 1 heterocycles. The molecule has 1 aliphatic heterocycles. The van der Waals surface area contributed by atoms with Crippen LogP contribution in [-0.2, 0) is 0 Å². The van der Waals surface area contributed by atoms with Crippen LogP contribution in [0.5, 0.6) is 5.75 Å². The number of piperidine rings is 1. The fourth-order valence-electron chi connectivity index (χ4n) is 3.72. The average Bonchev–Trinajstić information content (AvgIpc) is 3.00. The molecule has 3 atom stereocenters. The summed E-state index contributed by atoms with van der Waals surface area (Å²) in [4.78, 5) is 2.45. The first kappa shape index (κ1) is 13.9. The standard InChI is InChI=1S/C17H25NO2/c1-12-3-6-17(13(2)7-12)20-11-16(19)10-18-9-14-4-5-15(18)8-14/h3,6-7,14-16,19H,4-5,8-11H2,1-2H3. The van der Waals surface area contributed by atoms with Crippen LogP contribution in [0.4, 0.5) is 0 Å². The van der Waals surface area contributed by atoms with Crippen LogP contribution < -0.4 is 4.74 Å². The van der Waals surface area contributed by atoms with Crippen LogP contribution in [0.1, 0.15) is 30.4 Å². The highest BCUT2D eigenvalue weighted by atomic mass is 16.5. The summed E-state index contributed by atoms with van der Waals surface area (Å²) < 4.78 is 5.77. The van der Waals surface area contributed by atoms with Crippen molar-refractivity contribution < 1.29 is 9.84 Å². The van der Waals surface area contributed by atoms with E-state index in [4.69, 9.17) is 4.74 Å². The summed E-state index contributed by atoms with van der Waals surface area (Å²) in [6.45, 7) is 6.44. The maximum Gasteiger partial charge on any atom is 0.122 e. The third kappa shape index (κ3) is 2.99. The van der Waals surface area contributed by atoms with E-state index >= 15 is 0 Å². The predicted molar refractivity (Wildman–Crippen MR) is 80.1 cm³/mol. The van der Waals surface area contributed by atoms with Crippen molar-refractivity contribution in [1.29, 1.82) is 0 Å². The smallest absolute Gasteiger partial charge is 0.122 e. The van der Waals surface area contributed by atoms with E-state index in [1.54, 1.807) is 0 Å². The number of aliphatic hydroxyl groups excluding tert-OH is 1. The third-order valence-corrected chi connectivity index (χ3v) is 4.73. The van der Waals surface area contributed by atoms with Crippen LogP contribution >= 0.6 is 0 Å². The molecule has 1 aliphatic carbocycles. The number of β-amino-alcohol motifs (C(OH)–C–C–N with tert-alkyl or cyclic N) is 1. The second kappa shape index (κ2) is 5.74. The number of likely N-dealkylation sites (tertiary alicyclic amines) is 1. The summed E-state index contributed by atoms with van der Waals surface area (Å²) in [6.07, 6.45) is 3.64. The normalized spacial score (nSPS) is 26.9. The Morgan fingerprint density at radius 3 is 2.85 bits per heavy atom. The third-order valence-electron chi connectivity index (χ3n) is 4.73. The van der Waals surface area contributed by atoms with Crippen LogP contribution in [0.3, 0.4) is 0 Å². The van der Waals surface area contributed by atoms with Gasteiger partial charge in [0, 0.05) is 19.1 Å². The molecule has 0 amide bonds. The highest BCUT2D eigenvalue weighted by Crippen LogP contribution is 2.37. The number of benzene rings is 1. The quantitative estimate of drug-likeness (QED) is 0.896. The molecule has 1 aromatic rings. The molecular weight excluding hydrogens is 250 g/mol. The van der Waals surface area contributed by atoms with Crippen LogP contribution in [-0.4, -0.2) is 41.8 Å². The summed E-state index contributed by atoms with van der Waals surface area (Å²) in [6, 6.07) is 6.88. The Balaban J connectivity index is 1.48. The van der Waals surface area contributed by atoms with E-state index < -0.39 is 6.10 Å². The molecule has 0 spiro atoms. The molecule has 2 bridgehead atoms. The molecular formula is C17H25NO2. The molecule has 3 nitrogen and oxygen atoms in total. The summed E-state index contributed by atoms with van der Waals surface area (Å²) in [5, 5.41) is 10.2. The van der Waals surface area contributed by atoms with Gasteiger partial charge in [0.05, 0.1) is 0 Å². The first-order valence-electron chi connectivity index (χ1n) is 7.74. The zero-order valence-electron chi connectivity index (χ0n) is 12.5. The van der Waals surface area contributed by atoms with Crippen molar-refractivity contribution in [2.45, 2.75) is 45.3 Å². The molecule has 20 heavy (non-hydrogen) atoms. The summed E-state index contributed by atoms with van der Waals surface area (Å²) in [7, 11) is 0. The fraction of sp³-hybridized carbons (Fsp3) is 0.647. The van der Waals surface area contributed by atoms with Crippen LogP contribution in [0.2, 0.25) is 0 Å². The first-order chi connectivity index (χ1) is 9.61. The van der Waals surface area contributed by atoms with Crippen molar-refractivity contribution in [3.05, 3.63) is 29.3 Å². The fourth-order valence-corrected chi connectivity index (χ4v) is 3.72. The number of fused-ring (bicyclic) bond motifs is 2. The van der Waals surface area contributed by atoms with Gasteiger partial charge in [-0.25, -0.2) is 0 Å². The highest BCUT2D eigenvalue weighted by Gasteiger charge is 2.38. The first-order valence-corrected chi connectivity index (χ1v) is 7.74. The maximum absolute atomic E-state index is 10.2. The molecule has 3 heteroatoms. The molecule has 2 fully saturated rings. The Morgan fingerprint density at radius 1 is 1.35 bits per heavy atom. The van der Waals surface area contributed by atoms with Gasteiger partial charge in [-0.05, 0) is 50.7 Å². The van der Waals surface area contributed by atoms with Crippen molar-refractivity contribution in [3.63, 3.8) is 0 Å². The summed E-state index contributed by atoms with van der Waals surface area (Å²) in [5.74, 6) is 1.77. The minimum absolute atomic E-state index is 0.387. The topological polar surface area (TPSA) is 32.7 Å². The molecule has 1 saturated heterocycles. The van der Waals surface area contributed by atoms with Gasteiger partial charge in [0.1, 0.15) is 18.5 Å². The lowest BCUT2D eigenvalue weighted by atomic mass is 10.1. The highest BCUT2D eigenvalue weighted by molar-refractivity contribution is 5.35. The van der Waals surface area contributed by atoms with Gasteiger partial charge in [-0.1, -0.05) is 17.7 Å². The zero-order chi connectivity index (χ0) is 14.1. The Kier molecular flexibility index (Phi) is 3.99. The van der Waals surface area contributed by atoms with E-state index in [0.29, 0.717) is 6.61 Å². The number of rotatable bonds is 5. The van der Waals surface area contributed by atoms with Crippen molar-refractivity contribution in [3.8, 4) is 5.75 Å². The minimum atomic E-state index is -0.393. The lowest BCUT2D eigenvalue weighted by Crippen LogP contribution is -2.40. The van der Waals surface area contributed by atoms with Gasteiger partial charge in [-0.15, -0.1) is 0 Å². The Labute approximate surface area is 121 Å². The van der Waals surface area contributed by atoms with Gasteiger partial charge in [-0.3, -0.25) is 4.90 Å². The van der Waals surface area contributed by atoms with Crippen molar-refractivity contribution in [2.24, 2.45) is 5.92 Å². The van der Waals surface area contributed by atoms with Gasteiger partial charge < -0.3 is 9.84 Å². The number of hydrogen-bond acceptors (Lipinski definition) is 3. The Bertz CT molecular complexity index is 474. The number of aryl methyl sites for hydroxylation is 2. The number of ether oxygens (including phenoxy) is 1. The molecule has 3 rings (SSSR count). The number of nitrogens with zero attached hydrogens (tertiary/aromatic N) is 1. The lowest BCUT2D eigenvalue weighted by Gasteiger charge is -2.28. The molecule has 3 unspecified atom stereocenters. The van der Waals surface area contributed by atoms with E-state index in [0.717, 1.165) is 29.8 Å². The van der Waals surface area contributed by atoms with Crippen LogP contribution in [0, 0.1) is 19.8 Å². The van der Waals surface area contributed by atoms with Crippen LogP contribution in [0.15, 0.2) is 18.2 Å². The van der Waals surface area contributed by atoms with Crippen molar-refractivity contribution in [1.82, 2.24) is 4.90 Å². The van der Waals surface area contributed by atoms with Crippen molar-refractivity contribution in [2.75, 3.05) is 19.7 Å². The zero-order valence-corrected chi connectivity index (χ0v) is 12.5. The Morgan fingerprint density at radius 2 is 2.20 bits per heavy atom. The molecule has 1 N–H and O–H groups in total. The Hall–Kier alpha value is -1.06. The second-order valence-electron chi connectivity index (χ2n) is 6.52. The minimum Gasteiger partial charge on any atom is -0.491 e. The van der Waals surface area contributed by atoms with Gasteiger partial charge in [0.25, 0.3) is 0 Å². The maximum atomic E-state index is 10.2. The molecule has 0 aromatic heterocycles. The van der Waals surface area contributed by atoms with Gasteiger partial charge in [0.15, 0.2) is 0 Å². The number of hydrogen-bond donors (Lipinski definition) is 1. The predicted octanol–water partition coefficient (Wildman–Crippen LogP) is 2.53. The van der Waals surface area contributed by atoms with E-state index in [-0.39, 0.29) is 0 Å². The SMILES string of the molecule is Cc1ccc(OCC(O)CN2CC3CCC2C3)c(C)c1. The monoisotopic (exact) mass is 275 g/mol. The van der Waals surface area contributed by atoms with Gasteiger partial charge in [0.2, 0.25) is 0 Å². The van der Waals surface area contributed by atoms with Gasteiger partial charge >= 0.3 is 0 Å². The molecule has 1 saturated carbocycles. The molecule has 110 valence electrons. The number of aliphatic hydroxyl groups is 1. The van der Waals surface area contributed by atoms with Crippen molar-refractivity contribution >= 4 is 0 Å². The average molecular weight is 275 g/mol. The lowest BCUT2D eigenvalue weighted by molar-refractivity contribution is 0.0571. The van der Waals surface area contributed by atoms with E-state index in [1.807, 2.05) is 19.1 Å². The van der Waals surface area contributed by atoms with Crippen LogP contribution in [0.25, 0.3) is 0 Å². The summed E-state index contributed by atoms with van der Waals surface area (Å²) in [5.41, 5.74) is 2.38. The largest absolute Gasteiger partial charge is 0.491 e. The summed E-state index contributed by atoms with van der Waals surface area (Å²) >= 11 is 0. The van der Waals surface area contributed by atoms with E-state index in [9.17, 15) is 5.11 Å². The van der Waals surface area contributed by atoms with E-state index in [2.05, 4.69) is 17.9 Å². The molecule has 1 aromatic carbocycles. The molecule has 2 aliphatic rings. The second-order valence-corrected chi connectivity index (χ2v) is 6.52. The van der Waals surface area contributed by atoms with Gasteiger partial charge in [-0.2, -0.15) is 0 Å². The van der Waals surface area contributed by atoms with E-state index in [1.165, 1.54) is 31.4 Å².